The Labute approximate surface area is 126 Å². The molecule has 0 bridgehead atoms. The van der Waals surface area contributed by atoms with Gasteiger partial charge in [0.05, 0.1) is 0 Å². The highest BCUT2D eigenvalue weighted by molar-refractivity contribution is 5.64. The molecule has 1 heterocycles. The van der Waals surface area contributed by atoms with Crippen molar-refractivity contribution in [1.29, 1.82) is 0 Å². The smallest absolute Gasteiger partial charge is 0.131 e. The molecule has 4 heteroatoms. The minimum atomic E-state index is -0.193. The first-order valence-electron chi connectivity index (χ1n) is 7.39. The summed E-state index contributed by atoms with van der Waals surface area (Å²) >= 11 is 0. The van der Waals surface area contributed by atoms with Crippen molar-refractivity contribution in [3.05, 3.63) is 41.3 Å². The largest absolute Gasteiger partial charge is 0.309 e. The topological polar surface area (TPSA) is 27.6 Å². The van der Waals surface area contributed by atoms with Gasteiger partial charge in [0.15, 0.2) is 0 Å². The highest BCUT2D eigenvalue weighted by Crippen LogP contribution is 2.20. The second-order valence-electron chi connectivity index (χ2n) is 5.97. The summed E-state index contributed by atoms with van der Waals surface area (Å²) < 4.78 is 14.2. The fourth-order valence-electron chi connectivity index (χ4n) is 3.01. The Morgan fingerprint density at radius 3 is 2.67 bits per heavy atom. The average Bonchev–Trinajstić information content (AvgIpc) is 2.37. The van der Waals surface area contributed by atoms with Gasteiger partial charge in [0.2, 0.25) is 0 Å². The first-order chi connectivity index (χ1) is 9.99. The molecule has 0 saturated carbocycles. The predicted molar refractivity (Wildman–Crippen MR) is 86.9 cm³/mol. The second kappa shape index (κ2) is 6.96. The molecule has 1 aliphatic heterocycles. The highest BCUT2D eigenvalue weighted by atomic mass is 19.1. The van der Waals surface area contributed by atoms with Crippen molar-refractivity contribution in [2.45, 2.75) is 39.4 Å². The molecule has 2 atom stereocenters. The van der Waals surface area contributed by atoms with Crippen molar-refractivity contribution in [2.75, 3.05) is 13.1 Å². The lowest BCUT2D eigenvalue weighted by Gasteiger charge is -2.36. The van der Waals surface area contributed by atoms with Gasteiger partial charge in [0, 0.05) is 43.5 Å². The molecular weight excluding hydrogens is 265 g/mol. The number of nitrogens with one attached hydrogen (secondary N) is 1. The van der Waals surface area contributed by atoms with E-state index in [1.807, 2.05) is 19.1 Å². The van der Waals surface area contributed by atoms with Crippen LogP contribution in [0.4, 0.5) is 4.39 Å². The summed E-state index contributed by atoms with van der Waals surface area (Å²) in [4.78, 5) is 6.06. The number of aliphatic imine (C=N–C) groups is 1. The van der Waals surface area contributed by atoms with Crippen LogP contribution in [0.2, 0.25) is 0 Å². The molecule has 2 unspecified atom stereocenters. The van der Waals surface area contributed by atoms with Crippen LogP contribution in [0, 0.1) is 5.82 Å². The van der Waals surface area contributed by atoms with E-state index in [9.17, 15) is 4.39 Å². The van der Waals surface area contributed by atoms with Crippen molar-refractivity contribution < 1.29 is 4.39 Å². The average molecular weight is 289 g/mol. The summed E-state index contributed by atoms with van der Waals surface area (Å²) in [5.74, 6) is -0.193. The molecule has 1 aliphatic rings. The van der Waals surface area contributed by atoms with Crippen LogP contribution < -0.4 is 5.32 Å². The van der Waals surface area contributed by atoms with Gasteiger partial charge in [-0.25, -0.2) is 4.39 Å². The maximum atomic E-state index is 14.2. The molecule has 1 N–H and O–H groups in total. The van der Waals surface area contributed by atoms with Crippen LogP contribution in [0.15, 0.2) is 29.4 Å². The van der Waals surface area contributed by atoms with Crippen LogP contribution in [0.25, 0.3) is 5.57 Å². The van der Waals surface area contributed by atoms with E-state index in [0.29, 0.717) is 17.6 Å². The molecule has 0 spiro atoms. The van der Waals surface area contributed by atoms with Crippen LogP contribution in [0.3, 0.4) is 0 Å². The maximum absolute atomic E-state index is 14.2. The second-order valence-corrected chi connectivity index (χ2v) is 5.97. The summed E-state index contributed by atoms with van der Waals surface area (Å²) in [6, 6.07) is 6.41. The lowest BCUT2D eigenvalue weighted by atomic mass is 10.0. The number of hydrogen-bond acceptors (Lipinski definition) is 3. The van der Waals surface area contributed by atoms with E-state index in [4.69, 9.17) is 0 Å². The molecule has 1 aromatic rings. The number of piperazine rings is 1. The normalized spacial score (nSPS) is 24.1. The zero-order valence-corrected chi connectivity index (χ0v) is 13.1. The number of hydrogen-bond donors (Lipinski definition) is 1. The van der Waals surface area contributed by atoms with Crippen molar-refractivity contribution in [3.63, 3.8) is 0 Å². The Hall–Kier alpha value is -1.52. The van der Waals surface area contributed by atoms with E-state index in [-0.39, 0.29) is 5.82 Å². The minimum Gasteiger partial charge on any atom is -0.309 e. The number of allylic oxidation sites excluding steroid dienone is 1. The molecule has 0 amide bonds. The Morgan fingerprint density at radius 2 is 2.10 bits per heavy atom. The van der Waals surface area contributed by atoms with Gasteiger partial charge >= 0.3 is 0 Å². The van der Waals surface area contributed by atoms with Gasteiger partial charge in [-0.2, -0.15) is 0 Å². The zero-order valence-electron chi connectivity index (χ0n) is 13.1. The fraction of sp³-hybridized carbons (Fsp3) is 0.471. The number of benzene rings is 1. The van der Waals surface area contributed by atoms with Gasteiger partial charge < -0.3 is 5.32 Å². The van der Waals surface area contributed by atoms with Crippen molar-refractivity contribution in [3.8, 4) is 0 Å². The molecule has 0 aromatic heterocycles. The van der Waals surface area contributed by atoms with Crippen LogP contribution >= 0.6 is 0 Å². The third kappa shape index (κ3) is 4.22. The molecule has 0 radical (unpaired) electrons. The van der Waals surface area contributed by atoms with E-state index < -0.39 is 0 Å². The summed E-state index contributed by atoms with van der Waals surface area (Å²) in [6.07, 6.45) is 1.58. The lowest BCUT2D eigenvalue weighted by molar-refractivity contribution is 0.166. The van der Waals surface area contributed by atoms with E-state index in [1.54, 1.807) is 12.3 Å². The van der Waals surface area contributed by atoms with Gasteiger partial charge in [-0.05, 0) is 44.7 Å². The molecular formula is C17H24FN3. The van der Waals surface area contributed by atoms with Crippen molar-refractivity contribution in [1.82, 2.24) is 10.2 Å². The van der Waals surface area contributed by atoms with Gasteiger partial charge in [0.25, 0.3) is 0 Å². The molecule has 21 heavy (non-hydrogen) atoms. The highest BCUT2D eigenvalue weighted by Gasteiger charge is 2.21. The number of nitrogens with zero attached hydrogens (tertiary/aromatic N) is 2. The molecule has 1 saturated heterocycles. The molecule has 114 valence electrons. The molecule has 0 aliphatic carbocycles. The van der Waals surface area contributed by atoms with E-state index in [0.717, 1.165) is 30.8 Å². The first-order valence-corrected chi connectivity index (χ1v) is 7.39. The summed E-state index contributed by atoms with van der Waals surface area (Å²) in [5.41, 5.74) is 2.39. The summed E-state index contributed by atoms with van der Waals surface area (Å²) in [5, 5.41) is 3.50. The Kier molecular flexibility index (Phi) is 5.26. The minimum absolute atomic E-state index is 0.193. The zero-order chi connectivity index (χ0) is 15.4. The van der Waals surface area contributed by atoms with Crippen LogP contribution in [0.5, 0.6) is 0 Å². The van der Waals surface area contributed by atoms with Crippen molar-refractivity contribution in [2.24, 2.45) is 4.99 Å². The van der Waals surface area contributed by atoms with Gasteiger partial charge in [-0.15, -0.1) is 0 Å². The molecule has 1 aromatic carbocycles. The SMILES string of the molecule is C=N/C=C(\C)c1ccc(CN2CC(C)NC(C)C2)cc1F. The van der Waals surface area contributed by atoms with Crippen LogP contribution in [-0.4, -0.2) is 36.8 Å². The Bertz CT molecular complexity index is 529. The van der Waals surface area contributed by atoms with E-state index in [2.05, 4.69) is 35.8 Å². The standard InChI is InChI=1S/C17H24FN3/c1-12(8-19-4)16-6-5-15(7-17(16)18)11-21-9-13(2)20-14(3)10-21/h5-8,13-14,20H,4,9-11H2,1-3H3/b12-8+. The Morgan fingerprint density at radius 1 is 1.43 bits per heavy atom. The molecule has 3 nitrogen and oxygen atoms in total. The molecule has 1 fully saturated rings. The van der Waals surface area contributed by atoms with Crippen molar-refractivity contribution >= 4 is 12.3 Å². The molecule has 2 rings (SSSR count). The number of halogens is 1. The maximum Gasteiger partial charge on any atom is 0.131 e. The lowest BCUT2D eigenvalue weighted by Crippen LogP contribution is -2.53. The summed E-state index contributed by atoms with van der Waals surface area (Å²) in [7, 11) is 0. The van der Waals surface area contributed by atoms with E-state index in [1.165, 1.54) is 0 Å². The quantitative estimate of drug-likeness (QED) is 0.863. The predicted octanol–water partition coefficient (Wildman–Crippen LogP) is 3.07. The monoisotopic (exact) mass is 289 g/mol. The van der Waals surface area contributed by atoms with E-state index >= 15 is 0 Å². The number of rotatable bonds is 4. The van der Waals surface area contributed by atoms with Gasteiger partial charge in [-0.3, -0.25) is 9.89 Å². The van der Waals surface area contributed by atoms with Gasteiger partial charge in [0.1, 0.15) is 5.82 Å². The van der Waals surface area contributed by atoms with Crippen LogP contribution in [-0.2, 0) is 6.54 Å². The van der Waals surface area contributed by atoms with Crippen LogP contribution in [0.1, 0.15) is 31.9 Å². The fourth-order valence-corrected chi connectivity index (χ4v) is 3.01. The summed E-state index contributed by atoms with van der Waals surface area (Å²) in [6.45, 7) is 12.4. The third-order valence-corrected chi connectivity index (χ3v) is 3.78. The van der Waals surface area contributed by atoms with Gasteiger partial charge in [-0.1, -0.05) is 12.1 Å². The third-order valence-electron chi connectivity index (χ3n) is 3.78. The first kappa shape index (κ1) is 15.9. The Balaban J connectivity index is 2.10.